The van der Waals surface area contributed by atoms with E-state index in [0.717, 1.165) is 0 Å². The molecule has 2 amide bonds. The first-order valence-corrected chi connectivity index (χ1v) is 9.77. The summed E-state index contributed by atoms with van der Waals surface area (Å²) >= 11 is 12.8. The molecule has 0 aliphatic heterocycles. The number of nitrogens with zero attached hydrogens (tertiary/aromatic N) is 5. The van der Waals surface area contributed by atoms with Crippen molar-refractivity contribution in [1.29, 1.82) is 5.26 Å². The zero-order chi connectivity index (χ0) is 23.4. The highest BCUT2D eigenvalue weighted by molar-refractivity contribution is 6.47. The van der Waals surface area contributed by atoms with E-state index < -0.39 is 17.7 Å². The van der Waals surface area contributed by atoms with Gasteiger partial charge in [0.05, 0.1) is 39.6 Å². The molecule has 32 heavy (non-hydrogen) atoms. The van der Waals surface area contributed by atoms with Crippen molar-refractivity contribution >= 4 is 57.6 Å². The first-order chi connectivity index (χ1) is 15.3. The number of hydrogen-bond acceptors (Lipinski definition) is 8. The quantitative estimate of drug-likeness (QED) is 0.426. The van der Waals surface area contributed by atoms with Gasteiger partial charge in [0.25, 0.3) is 11.5 Å². The van der Waals surface area contributed by atoms with Gasteiger partial charge in [-0.15, -0.1) is 0 Å². The molecule has 3 aromatic rings. The van der Waals surface area contributed by atoms with Crippen LogP contribution in [0.5, 0.6) is 0 Å². The zero-order valence-electron chi connectivity index (χ0n) is 16.7. The second kappa shape index (κ2) is 9.51. The molecular formula is C19H15Cl2N7O4. The first kappa shape index (κ1) is 22.8. The molecule has 0 saturated heterocycles. The van der Waals surface area contributed by atoms with Crippen molar-refractivity contribution in [3.05, 3.63) is 50.9 Å². The number of amides is 2. The fourth-order valence-corrected chi connectivity index (χ4v) is 3.37. The molecular weight excluding hydrogens is 461 g/mol. The highest BCUT2D eigenvalue weighted by Gasteiger charge is 2.17. The molecule has 0 spiro atoms. The molecule has 11 nitrogen and oxygen atoms in total. The van der Waals surface area contributed by atoms with Crippen LogP contribution in [0.3, 0.4) is 0 Å². The third-order valence-corrected chi connectivity index (χ3v) is 4.78. The fraction of sp³-hybridized carbons (Fsp3) is 0.158. The Morgan fingerprint density at radius 3 is 2.56 bits per heavy atom. The molecule has 1 aromatic carbocycles. The summed E-state index contributed by atoms with van der Waals surface area (Å²) in [4.78, 5) is 35.1. The van der Waals surface area contributed by atoms with E-state index in [0.29, 0.717) is 16.7 Å². The Hall–Kier alpha value is -3.88. The number of carbonyl (C=O) groups excluding carboxylic acids is 2. The summed E-state index contributed by atoms with van der Waals surface area (Å²) < 4.78 is 7.50. The third kappa shape index (κ3) is 4.56. The molecule has 0 saturated carbocycles. The monoisotopic (exact) mass is 475 g/mol. The van der Waals surface area contributed by atoms with E-state index in [9.17, 15) is 14.4 Å². The minimum atomic E-state index is -1.04. The summed E-state index contributed by atoms with van der Waals surface area (Å²) in [7, 11) is 1.62. The maximum atomic E-state index is 11.9. The number of aryl methyl sites for hydroxylation is 1. The molecule has 2 N–H and O–H groups in total. The van der Waals surface area contributed by atoms with Gasteiger partial charge in [-0.3, -0.25) is 20.3 Å². The number of ether oxygens (including phenoxy) is 1. The van der Waals surface area contributed by atoms with Crippen LogP contribution in [0.4, 0.5) is 10.5 Å². The normalized spacial score (nSPS) is 11.2. The Balaban J connectivity index is 1.90. The van der Waals surface area contributed by atoms with Gasteiger partial charge in [-0.1, -0.05) is 23.2 Å². The lowest BCUT2D eigenvalue weighted by Crippen LogP contribution is -2.36. The Morgan fingerprint density at radius 2 is 1.94 bits per heavy atom. The summed E-state index contributed by atoms with van der Waals surface area (Å²) in [6, 6.07) is 7.50. The second-order valence-corrected chi connectivity index (χ2v) is 7.02. The number of hydrazone groups is 1. The predicted molar refractivity (Wildman–Crippen MR) is 118 cm³/mol. The van der Waals surface area contributed by atoms with Crippen molar-refractivity contribution < 1.29 is 14.3 Å². The van der Waals surface area contributed by atoms with Gasteiger partial charge >= 0.3 is 6.09 Å². The summed E-state index contributed by atoms with van der Waals surface area (Å²) in [5.41, 5.74) is 3.51. The van der Waals surface area contributed by atoms with E-state index >= 15 is 0 Å². The molecule has 0 radical (unpaired) electrons. The van der Waals surface area contributed by atoms with Crippen LogP contribution in [0.15, 0.2) is 40.4 Å². The van der Waals surface area contributed by atoms with E-state index in [1.165, 1.54) is 33.6 Å². The molecule has 0 aliphatic rings. The van der Waals surface area contributed by atoms with E-state index in [1.807, 2.05) is 5.32 Å². The maximum absolute atomic E-state index is 11.9. The van der Waals surface area contributed by atoms with E-state index in [2.05, 4.69) is 20.4 Å². The standard InChI is InChI=1S/C19H15Cl2N7O4/c1-3-32-19(31)24-18(30)13(8-22)26-25-10-6-11(20)17(12(21)7-10)28-14-4-5-16(29)27(2)15(14)9-23-28/h4-7,9,25H,3H2,1-2H3,(H,24,30,31)/b26-13-. The Morgan fingerprint density at radius 1 is 1.25 bits per heavy atom. The molecule has 0 bridgehead atoms. The SMILES string of the molecule is CCOC(=O)NC(=O)/C(C#N)=N\Nc1cc(Cl)c(-n2ncc3c2ccc(=O)n3C)c(Cl)c1. The van der Waals surface area contributed by atoms with Crippen LogP contribution in [0.25, 0.3) is 16.7 Å². The molecule has 0 unspecified atom stereocenters. The Labute approximate surface area is 190 Å². The first-order valence-electron chi connectivity index (χ1n) is 9.01. The number of nitrogens with one attached hydrogen (secondary N) is 2. The predicted octanol–water partition coefficient (Wildman–Crippen LogP) is 2.60. The number of anilines is 1. The summed E-state index contributed by atoms with van der Waals surface area (Å²) in [5, 5.41) is 19.3. The van der Waals surface area contributed by atoms with Crippen molar-refractivity contribution in [1.82, 2.24) is 19.7 Å². The largest absolute Gasteiger partial charge is 0.450 e. The van der Waals surface area contributed by atoms with Crippen LogP contribution >= 0.6 is 23.2 Å². The Kier molecular flexibility index (Phi) is 6.77. The van der Waals surface area contributed by atoms with Crippen LogP contribution in [0.2, 0.25) is 10.0 Å². The molecule has 2 heterocycles. The van der Waals surface area contributed by atoms with Crippen molar-refractivity contribution in [2.24, 2.45) is 12.1 Å². The summed E-state index contributed by atoms with van der Waals surface area (Å²) in [5.74, 6) is -1.04. The van der Waals surface area contributed by atoms with Gasteiger partial charge in [0.2, 0.25) is 5.71 Å². The lowest BCUT2D eigenvalue weighted by Gasteiger charge is -2.11. The molecule has 3 rings (SSSR count). The lowest BCUT2D eigenvalue weighted by atomic mass is 10.2. The average Bonchev–Trinajstić information content (AvgIpc) is 3.15. The molecule has 2 aromatic heterocycles. The number of rotatable bonds is 5. The number of imide groups is 1. The lowest BCUT2D eigenvalue weighted by molar-refractivity contribution is -0.114. The van der Waals surface area contributed by atoms with Gasteiger partial charge in [0, 0.05) is 13.1 Å². The molecule has 13 heteroatoms. The van der Waals surface area contributed by atoms with E-state index in [1.54, 1.807) is 26.1 Å². The molecule has 0 fully saturated rings. The number of pyridine rings is 1. The number of fused-ring (bicyclic) bond motifs is 1. The van der Waals surface area contributed by atoms with E-state index in [4.69, 9.17) is 28.5 Å². The second-order valence-electron chi connectivity index (χ2n) is 6.20. The summed E-state index contributed by atoms with van der Waals surface area (Å²) in [6.07, 6.45) is 0.515. The highest BCUT2D eigenvalue weighted by Crippen LogP contribution is 2.33. The van der Waals surface area contributed by atoms with Crippen LogP contribution in [-0.4, -0.2) is 38.7 Å². The van der Waals surface area contributed by atoms with Crippen molar-refractivity contribution in [2.45, 2.75) is 6.92 Å². The highest BCUT2D eigenvalue weighted by atomic mass is 35.5. The fourth-order valence-electron chi connectivity index (χ4n) is 2.72. The summed E-state index contributed by atoms with van der Waals surface area (Å²) in [6.45, 7) is 1.62. The Bertz CT molecular complexity index is 1330. The number of nitriles is 1. The van der Waals surface area contributed by atoms with Crippen molar-refractivity contribution in [3.8, 4) is 11.8 Å². The average molecular weight is 476 g/mol. The molecule has 164 valence electrons. The van der Waals surface area contributed by atoms with Gasteiger partial charge in [0.1, 0.15) is 11.8 Å². The van der Waals surface area contributed by atoms with Gasteiger partial charge in [-0.25, -0.2) is 9.48 Å². The van der Waals surface area contributed by atoms with Gasteiger partial charge in [0.15, 0.2) is 0 Å². The van der Waals surface area contributed by atoms with Crippen LogP contribution in [0, 0.1) is 11.3 Å². The van der Waals surface area contributed by atoms with Gasteiger partial charge in [-0.2, -0.15) is 15.5 Å². The smallest absolute Gasteiger partial charge is 0.414 e. The van der Waals surface area contributed by atoms with Crippen LogP contribution < -0.4 is 16.3 Å². The number of carbonyl (C=O) groups is 2. The molecule has 0 atom stereocenters. The minimum absolute atomic E-state index is 0.0571. The van der Waals surface area contributed by atoms with Gasteiger partial charge < -0.3 is 9.30 Å². The van der Waals surface area contributed by atoms with Crippen molar-refractivity contribution in [3.63, 3.8) is 0 Å². The minimum Gasteiger partial charge on any atom is -0.450 e. The number of aromatic nitrogens is 3. The van der Waals surface area contributed by atoms with Gasteiger partial charge in [-0.05, 0) is 25.1 Å². The number of halogens is 2. The van der Waals surface area contributed by atoms with Crippen LogP contribution in [-0.2, 0) is 16.6 Å². The van der Waals surface area contributed by atoms with Crippen LogP contribution in [0.1, 0.15) is 6.92 Å². The number of alkyl carbamates (subject to hydrolysis) is 1. The molecule has 0 aliphatic carbocycles. The maximum Gasteiger partial charge on any atom is 0.414 e. The van der Waals surface area contributed by atoms with Crippen molar-refractivity contribution in [2.75, 3.05) is 12.0 Å². The topological polar surface area (TPSA) is 143 Å². The van der Waals surface area contributed by atoms with E-state index in [-0.39, 0.29) is 27.9 Å². The number of benzene rings is 1. The zero-order valence-corrected chi connectivity index (χ0v) is 18.2. The number of hydrogen-bond donors (Lipinski definition) is 2. The third-order valence-electron chi connectivity index (χ3n) is 4.20.